The molecule has 1 atom stereocenters. The van der Waals surface area contributed by atoms with Crippen molar-refractivity contribution in [3.63, 3.8) is 0 Å². The van der Waals surface area contributed by atoms with Crippen molar-refractivity contribution in [2.24, 2.45) is 0 Å². The van der Waals surface area contributed by atoms with Crippen LogP contribution in [0, 0.1) is 0 Å². The standard InChI is InChI=1S/C10H18ClNOS/c11-6-2-1-5-10(13)12-8-9-4-3-7-14-9/h9H,1-8H2,(H,12,13). The van der Waals surface area contributed by atoms with Crippen molar-refractivity contribution in [2.45, 2.75) is 37.4 Å². The van der Waals surface area contributed by atoms with E-state index in [1.54, 1.807) is 0 Å². The number of hydrogen-bond acceptors (Lipinski definition) is 2. The monoisotopic (exact) mass is 235 g/mol. The average molecular weight is 236 g/mol. The van der Waals surface area contributed by atoms with Crippen LogP contribution in [-0.2, 0) is 4.79 Å². The van der Waals surface area contributed by atoms with E-state index in [2.05, 4.69) is 5.32 Å². The third-order valence-electron chi connectivity index (χ3n) is 2.34. The van der Waals surface area contributed by atoms with Crippen molar-refractivity contribution < 1.29 is 4.79 Å². The first-order chi connectivity index (χ1) is 6.83. The highest BCUT2D eigenvalue weighted by molar-refractivity contribution is 8.00. The molecule has 82 valence electrons. The number of unbranched alkanes of at least 4 members (excludes halogenated alkanes) is 1. The van der Waals surface area contributed by atoms with Crippen LogP contribution in [0.15, 0.2) is 0 Å². The van der Waals surface area contributed by atoms with Gasteiger partial charge in [-0.3, -0.25) is 4.79 Å². The molecule has 0 aromatic carbocycles. The lowest BCUT2D eigenvalue weighted by molar-refractivity contribution is -0.121. The molecule has 2 nitrogen and oxygen atoms in total. The fraction of sp³-hybridized carbons (Fsp3) is 0.900. The van der Waals surface area contributed by atoms with E-state index in [4.69, 9.17) is 11.6 Å². The van der Waals surface area contributed by atoms with Crippen LogP contribution in [0.3, 0.4) is 0 Å². The van der Waals surface area contributed by atoms with Crippen molar-refractivity contribution in [3.8, 4) is 0 Å². The van der Waals surface area contributed by atoms with Gasteiger partial charge in [0.25, 0.3) is 0 Å². The minimum absolute atomic E-state index is 0.183. The van der Waals surface area contributed by atoms with Gasteiger partial charge >= 0.3 is 0 Å². The number of thioether (sulfide) groups is 1. The van der Waals surface area contributed by atoms with Crippen LogP contribution in [0.25, 0.3) is 0 Å². The second-order valence-electron chi connectivity index (χ2n) is 3.59. The van der Waals surface area contributed by atoms with Crippen molar-refractivity contribution in [3.05, 3.63) is 0 Å². The summed E-state index contributed by atoms with van der Waals surface area (Å²) in [6, 6.07) is 0. The molecular weight excluding hydrogens is 218 g/mol. The van der Waals surface area contributed by atoms with Gasteiger partial charge in [-0.15, -0.1) is 11.6 Å². The largest absolute Gasteiger partial charge is 0.355 e. The molecule has 14 heavy (non-hydrogen) atoms. The maximum atomic E-state index is 11.3. The highest BCUT2D eigenvalue weighted by Gasteiger charge is 2.15. The highest BCUT2D eigenvalue weighted by Crippen LogP contribution is 2.25. The van der Waals surface area contributed by atoms with Gasteiger partial charge in [-0.25, -0.2) is 0 Å². The number of halogens is 1. The molecule has 0 aromatic rings. The predicted molar refractivity (Wildman–Crippen MR) is 63.1 cm³/mol. The molecule has 4 heteroatoms. The third-order valence-corrected chi connectivity index (χ3v) is 4.00. The number of rotatable bonds is 6. The van der Waals surface area contributed by atoms with Crippen LogP contribution < -0.4 is 5.32 Å². The fourth-order valence-electron chi connectivity index (χ4n) is 1.50. The Hall–Kier alpha value is 0.110. The van der Waals surface area contributed by atoms with Crippen LogP contribution in [-0.4, -0.2) is 29.3 Å². The molecule has 0 saturated carbocycles. The van der Waals surface area contributed by atoms with Crippen molar-refractivity contribution in [1.29, 1.82) is 0 Å². The lowest BCUT2D eigenvalue weighted by Gasteiger charge is -2.09. The Morgan fingerprint density at radius 2 is 2.36 bits per heavy atom. The third kappa shape index (κ3) is 5.11. The average Bonchev–Trinajstić information content (AvgIpc) is 2.68. The Bertz CT molecular complexity index is 172. The number of carbonyl (C=O) groups is 1. The van der Waals surface area contributed by atoms with Gasteiger partial charge in [-0.1, -0.05) is 0 Å². The number of carbonyl (C=O) groups excluding carboxylic acids is 1. The van der Waals surface area contributed by atoms with E-state index in [0.29, 0.717) is 17.6 Å². The number of alkyl halides is 1. The first kappa shape index (κ1) is 12.2. The summed E-state index contributed by atoms with van der Waals surface area (Å²) in [5.41, 5.74) is 0. The molecule has 1 heterocycles. The molecule has 1 aliphatic heterocycles. The molecule has 0 radical (unpaired) electrons. The van der Waals surface area contributed by atoms with Gasteiger partial charge in [0, 0.05) is 24.1 Å². The maximum Gasteiger partial charge on any atom is 0.220 e. The van der Waals surface area contributed by atoms with Gasteiger partial charge in [-0.05, 0) is 31.4 Å². The molecule has 1 N–H and O–H groups in total. The van der Waals surface area contributed by atoms with Crippen LogP contribution in [0.4, 0.5) is 0 Å². The molecule has 1 amide bonds. The Morgan fingerprint density at radius 3 is 3.00 bits per heavy atom. The molecular formula is C10H18ClNOS. The molecule has 0 bridgehead atoms. The van der Waals surface area contributed by atoms with Gasteiger partial charge < -0.3 is 5.32 Å². The summed E-state index contributed by atoms with van der Waals surface area (Å²) in [6.45, 7) is 0.852. The van der Waals surface area contributed by atoms with E-state index in [1.807, 2.05) is 11.8 Å². The number of nitrogens with one attached hydrogen (secondary N) is 1. The molecule has 0 aromatic heterocycles. The molecule has 1 fully saturated rings. The lowest BCUT2D eigenvalue weighted by Crippen LogP contribution is -2.29. The molecule has 1 saturated heterocycles. The van der Waals surface area contributed by atoms with Gasteiger partial charge in [0.15, 0.2) is 0 Å². The van der Waals surface area contributed by atoms with Crippen molar-refractivity contribution in [2.75, 3.05) is 18.2 Å². The normalized spacial score (nSPS) is 21.1. The summed E-state index contributed by atoms with van der Waals surface area (Å²) in [4.78, 5) is 11.3. The second-order valence-corrected chi connectivity index (χ2v) is 5.37. The first-order valence-electron chi connectivity index (χ1n) is 5.27. The fourth-order valence-corrected chi connectivity index (χ4v) is 2.89. The maximum absolute atomic E-state index is 11.3. The Morgan fingerprint density at radius 1 is 1.50 bits per heavy atom. The first-order valence-corrected chi connectivity index (χ1v) is 6.85. The van der Waals surface area contributed by atoms with Gasteiger partial charge in [0.05, 0.1) is 0 Å². The molecule has 0 aliphatic carbocycles. The summed E-state index contributed by atoms with van der Waals surface area (Å²) in [7, 11) is 0. The SMILES string of the molecule is O=C(CCCCCl)NCC1CCCS1. The quantitative estimate of drug-likeness (QED) is 0.566. The zero-order chi connectivity index (χ0) is 10.2. The van der Waals surface area contributed by atoms with Crippen LogP contribution in [0.2, 0.25) is 0 Å². The Kier molecular flexibility index (Phi) is 6.45. The van der Waals surface area contributed by atoms with E-state index in [1.165, 1.54) is 18.6 Å². The molecule has 1 rings (SSSR count). The summed E-state index contributed by atoms with van der Waals surface area (Å²) in [5.74, 6) is 2.10. The smallest absolute Gasteiger partial charge is 0.220 e. The van der Waals surface area contributed by atoms with E-state index >= 15 is 0 Å². The van der Waals surface area contributed by atoms with E-state index in [-0.39, 0.29) is 5.91 Å². The Balaban J connectivity index is 1.96. The van der Waals surface area contributed by atoms with Gasteiger partial charge in [-0.2, -0.15) is 11.8 Å². The summed E-state index contributed by atoms with van der Waals surface area (Å²) in [5, 5.41) is 3.64. The second kappa shape index (κ2) is 7.41. The van der Waals surface area contributed by atoms with Crippen LogP contribution >= 0.6 is 23.4 Å². The predicted octanol–water partition coefficient (Wildman–Crippen LogP) is 2.41. The Labute approximate surface area is 95.2 Å². The van der Waals surface area contributed by atoms with E-state index in [9.17, 15) is 4.79 Å². The zero-order valence-corrected chi connectivity index (χ0v) is 10.0. The van der Waals surface area contributed by atoms with E-state index < -0.39 is 0 Å². The minimum atomic E-state index is 0.183. The molecule has 1 aliphatic rings. The summed E-state index contributed by atoms with van der Waals surface area (Å²) in [6.07, 6.45) is 5.04. The van der Waals surface area contributed by atoms with Gasteiger partial charge in [0.1, 0.15) is 0 Å². The highest BCUT2D eigenvalue weighted by atomic mass is 35.5. The zero-order valence-electron chi connectivity index (χ0n) is 8.43. The minimum Gasteiger partial charge on any atom is -0.355 e. The van der Waals surface area contributed by atoms with Gasteiger partial charge in [0.2, 0.25) is 5.91 Å². The number of hydrogen-bond donors (Lipinski definition) is 1. The molecule has 1 unspecified atom stereocenters. The van der Waals surface area contributed by atoms with Crippen LogP contribution in [0.5, 0.6) is 0 Å². The van der Waals surface area contributed by atoms with Crippen LogP contribution in [0.1, 0.15) is 32.1 Å². The topological polar surface area (TPSA) is 29.1 Å². The number of amides is 1. The van der Waals surface area contributed by atoms with E-state index in [0.717, 1.165) is 19.4 Å². The van der Waals surface area contributed by atoms with Crippen molar-refractivity contribution in [1.82, 2.24) is 5.32 Å². The lowest BCUT2D eigenvalue weighted by atomic mass is 10.2. The summed E-state index contributed by atoms with van der Waals surface area (Å²) >= 11 is 7.51. The summed E-state index contributed by atoms with van der Waals surface area (Å²) < 4.78 is 0. The van der Waals surface area contributed by atoms with Crippen molar-refractivity contribution >= 4 is 29.3 Å². The molecule has 0 spiro atoms.